The lowest BCUT2D eigenvalue weighted by Gasteiger charge is -2.26. The summed E-state index contributed by atoms with van der Waals surface area (Å²) in [5.41, 5.74) is 0.495. The molecule has 2 rings (SSSR count). The van der Waals surface area contributed by atoms with Crippen LogP contribution in [0.15, 0.2) is 22.7 Å². The number of hydrogen-bond acceptors (Lipinski definition) is 3. The van der Waals surface area contributed by atoms with Crippen molar-refractivity contribution in [1.29, 1.82) is 0 Å². The fourth-order valence-corrected chi connectivity index (χ4v) is 2.86. The summed E-state index contributed by atoms with van der Waals surface area (Å²) in [6.45, 7) is 1.63. The zero-order chi connectivity index (χ0) is 15.2. The smallest absolute Gasteiger partial charge is 0.251 e. The van der Waals surface area contributed by atoms with E-state index in [1.54, 1.807) is 25.3 Å². The van der Waals surface area contributed by atoms with Gasteiger partial charge in [0.15, 0.2) is 0 Å². The summed E-state index contributed by atoms with van der Waals surface area (Å²) >= 11 is 3.34. The topological polar surface area (TPSA) is 58.6 Å². The van der Waals surface area contributed by atoms with Gasteiger partial charge in [-0.1, -0.05) is 0 Å². The van der Waals surface area contributed by atoms with Crippen molar-refractivity contribution in [3.8, 4) is 5.75 Å². The number of carbonyl (C=O) groups excluding carboxylic acids is 2. The first-order valence-corrected chi connectivity index (χ1v) is 7.80. The number of carbonyl (C=O) groups is 2. The molecule has 1 aromatic rings. The third-order valence-electron chi connectivity index (χ3n) is 3.52. The van der Waals surface area contributed by atoms with E-state index >= 15 is 0 Å². The number of rotatable bonds is 4. The van der Waals surface area contributed by atoms with Crippen LogP contribution in [0.25, 0.3) is 0 Å². The molecule has 0 aromatic heterocycles. The number of ether oxygens (including phenoxy) is 1. The highest BCUT2D eigenvalue weighted by molar-refractivity contribution is 9.10. The summed E-state index contributed by atoms with van der Waals surface area (Å²) in [5.74, 6) is 0.385. The third-order valence-corrected chi connectivity index (χ3v) is 4.14. The van der Waals surface area contributed by atoms with Gasteiger partial charge in [-0.2, -0.15) is 0 Å². The maximum Gasteiger partial charge on any atom is 0.251 e. The van der Waals surface area contributed by atoms with Crippen LogP contribution in [-0.4, -0.2) is 43.5 Å². The third kappa shape index (κ3) is 4.20. The van der Waals surface area contributed by atoms with Gasteiger partial charge in [0.2, 0.25) is 5.91 Å². The quantitative estimate of drug-likeness (QED) is 0.901. The second-order valence-electron chi connectivity index (χ2n) is 4.97. The van der Waals surface area contributed by atoms with Crippen LogP contribution in [0.1, 0.15) is 29.6 Å². The van der Waals surface area contributed by atoms with Gasteiger partial charge in [-0.15, -0.1) is 0 Å². The molecule has 1 aliphatic rings. The van der Waals surface area contributed by atoms with Gasteiger partial charge in [0.25, 0.3) is 5.91 Å². The lowest BCUT2D eigenvalue weighted by atomic mass is 10.1. The molecule has 1 saturated heterocycles. The fraction of sp³-hybridized carbons (Fsp3) is 0.467. The molecule has 0 radical (unpaired) electrons. The summed E-state index contributed by atoms with van der Waals surface area (Å²) in [6, 6.07) is 5.06. The van der Waals surface area contributed by atoms with Crippen molar-refractivity contribution in [3.63, 3.8) is 0 Å². The minimum Gasteiger partial charge on any atom is -0.496 e. The van der Waals surface area contributed by atoms with Crippen LogP contribution in [0, 0.1) is 0 Å². The number of methoxy groups -OCH3 is 1. The molecule has 2 amide bonds. The normalized spacial score (nSPS) is 14.7. The fourth-order valence-electron chi connectivity index (χ4n) is 2.32. The largest absolute Gasteiger partial charge is 0.496 e. The van der Waals surface area contributed by atoms with Crippen molar-refractivity contribution in [2.75, 3.05) is 26.7 Å². The maximum atomic E-state index is 12.0. The first-order chi connectivity index (χ1) is 10.1. The van der Waals surface area contributed by atoms with Crippen LogP contribution in [0.5, 0.6) is 5.75 Å². The highest BCUT2D eigenvalue weighted by Crippen LogP contribution is 2.25. The molecule has 1 aliphatic heterocycles. The molecule has 0 saturated carbocycles. The van der Waals surface area contributed by atoms with Crippen molar-refractivity contribution in [1.82, 2.24) is 10.2 Å². The zero-order valence-corrected chi connectivity index (χ0v) is 13.6. The molecule has 1 aromatic carbocycles. The van der Waals surface area contributed by atoms with Gasteiger partial charge in [0.05, 0.1) is 18.1 Å². The summed E-state index contributed by atoms with van der Waals surface area (Å²) < 4.78 is 5.83. The predicted molar refractivity (Wildman–Crippen MR) is 83.5 cm³/mol. The molecule has 0 bridgehead atoms. The van der Waals surface area contributed by atoms with E-state index in [1.165, 1.54) is 6.42 Å². The Morgan fingerprint density at radius 1 is 1.29 bits per heavy atom. The molecule has 0 spiro atoms. The molecule has 0 unspecified atom stereocenters. The van der Waals surface area contributed by atoms with E-state index in [9.17, 15) is 9.59 Å². The Bertz CT molecular complexity index is 528. The van der Waals surface area contributed by atoms with Crippen molar-refractivity contribution >= 4 is 27.7 Å². The molecule has 6 heteroatoms. The van der Waals surface area contributed by atoms with E-state index < -0.39 is 0 Å². The van der Waals surface area contributed by atoms with E-state index in [2.05, 4.69) is 21.2 Å². The van der Waals surface area contributed by atoms with Crippen molar-refractivity contribution in [3.05, 3.63) is 28.2 Å². The molecule has 21 heavy (non-hydrogen) atoms. The highest BCUT2D eigenvalue weighted by Gasteiger charge is 2.17. The van der Waals surface area contributed by atoms with Gasteiger partial charge >= 0.3 is 0 Å². The summed E-state index contributed by atoms with van der Waals surface area (Å²) in [4.78, 5) is 25.8. The molecule has 5 nitrogen and oxygen atoms in total. The Morgan fingerprint density at radius 2 is 2.00 bits per heavy atom. The minimum atomic E-state index is -0.260. The maximum absolute atomic E-state index is 12.0. The van der Waals surface area contributed by atoms with Gasteiger partial charge < -0.3 is 15.0 Å². The zero-order valence-electron chi connectivity index (χ0n) is 12.0. The molecular weight excluding hydrogens is 336 g/mol. The lowest BCUT2D eigenvalue weighted by molar-refractivity contribution is -0.130. The first-order valence-electron chi connectivity index (χ1n) is 7.01. The van der Waals surface area contributed by atoms with Crippen molar-refractivity contribution < 1.29 is 14.3 Å². The van der Waals surface area contributed by atoms with Gasteiger partial charge in [0.1, 0.15) is 5.75 Å². The summed E-state index contributed by atoms with van der Waals surface area (Å²) in [6.07, 6.45) is 3.27. The van der Waals surface area contributed by atoms with Gasteiger partial charge in [0, 0.05) is 18.7 Å². The van der Waals surface area contributed by atoms with E-state index in [-0.39, 0.29) is 18.4 Å². The number of nitrogens with one attached hydrogen (secondary N) is 1. The van der Waals surface area contributed by atoms with Crippen LogP contribution in [-0.2, 0) is 4.79 Å². The van der Waals surface area contributed by atoms with E-state index in [0.29, 0.717) is 15.8 Å². The van der Waals surface area contributed by atoms with Crippen LogP contribution >= 0.6 is 15.9 Å². The Hall–Kier alpha value is -1.56. The second kappa shape index (κ2) is 7.45. The first kappa shape index (κ1) is 15.8. The second-order valence-corrected chi connectivity index (χ2v) is 5.83. The molecule has 1 fully saturated rings. The van der Waals surface area contributed by atoms with Crippen LogP contribution < -0.4 is 10.1 Å². The van der Waals surface area contributed by atoms with Crippen molar-refractivity contribution in [2.24, 2.45) is 0 Å². The summed E-state index contributed by atoms with van der Waals surface area (Å²) in [5, 5.41) is 2.67. The molecule has 114 valence electrons. The number of likely N-dealkylation sites (tertiary alicyclic amines) is 1. The van der Waals surface area contributed by atoms with E-state index in [4.69, 9.17) is 4.74 Å². The Morgan fingerprint density at radius 3 is 2.62 bits per heavy atom. The SMILES string of the molecule is COc1ccc(C(=O)NCC(=O)N2CCCCC2)cc1Br. The van der Waals surface area contributed by atoms with Crippen LogP contribution in [0.3, 0.4) is 0 Å². The number of nitrogens with zero attached hydrogens (tertiary/aromatic N) is 1. The Balaban J connectivity index is 1.89. The van der Waals surface area contributed by atoms with Gasteiger partial charge in [-0.3, -0.25) is 9.59 Å². The molecule has 1 heterocycles. The van der Waals surface area contributed by atoms with E-state index in [0.717, 1.165) is 25.9 Å². The van der Waals surface area contributed by atoms with E-state index in [1.807, 2.05) is 4.90 Å². The van der Waals surface area contributed by atoms with Crippen LogP contribution in [0.4, 0.5) is 0 Å². The number of benzene rings is 1. The highest BCUT2D eigenvalue weighted by atomic mass is 79.9. The minimum absolute atomic E-state index is 0.0179. The number of halogens is 1. The Kier molecular flexibility index (Phi) is 5.61. The molecule has 1 N–H and O–H groups in total. The monoisotopic (exact) mass is 354 g/mol. The average Bonchev–Trinajstić information content (AvgIpc) is 2.53. The van der Waals surface area contributed by atoms with Crippen molar-refractivity contribution in [2.45, 2.75) is 19.3 Å². The molecule has 0 aliphatic carbocycles. The lowest BCUT2D eigenvalue weighted by Crippen LogP contribution is -2.42. The van der Waals surface area contributed by atoms with Crippen LogP contribution in [0.2, 0.25) is 0 Å². The Labute approximate surface area is 132 Å². The number of hydrogen-bond donors (Lipinski definition) is 1. The number of amides is 2. The predicted octanol–water partition coefficient (Wildman–Crippen LogP) is 2.20. The molecular formula is C15H19BrN2O3. The number of piperidine rings is 1. The van der Waals surface area contributed by atoms with Gasteiger partial charge in [-0.25, -0.2) is 0 Å². The summed E-state index contributed by atoms with van der Waals surface area (Å²) in [7, 11) is 1.57. The molecule has 0 atom stereocenters. The average molecular weight is 355 g/mol. The van der Waals surface area contributed by atoms with Gasteiger partial charge in [-0.05, 0) is 53.4 Å². The standard InChI is InChI=1S/C15H19BrN2O3/c1-21-13-6-5-11(9-12(13)16)15(20)17-10-14(19)18-7-3-2-4-8-18/h5-6,9H,2-4,7-8,10H2,1H3,(H,17,20).